The van der Waals surface area contributed by atoms with E-state index in [-0.39, 0.29) is 11.9 Å². The normalized spacial score (nSPS) is 18.3. The number of anilines is 2. The minimum Gasteiger partial charge on any atom is -0.421 e. The molecule has 1 amide bonds. The van der Waals surface area contributed by atoms with Crippen molar-refractivity contribution in [3.05, 3.63) is 41.9 Å². The molecule has 0 radical (unpaired) electrons. The summed E-state index contributed by atoms with van der Waals surface area (Å²) in [6.45, 7) is 3.49. The van der Waals surface area contributed by atoms with Crippen molar-refractivity contribution in [1.82, 2.24) is 20.2 Å². The molecule has 2 aliphatic rings. The van der Waals surface area contributed by atoms with Crippen molar-refractivity contribution in [1.29, 1.82) is 0 Å². The van der Waals surface area contributed by atoms with Crippen LogP contribution in [0.4, 0.5) is 11.5 Å². The summed E-state index contributed by atoms with van der Waals surface area (Å²) in [5.41, 5.74) is 2.16. The number of aromatic nitrogens is 4. The lowest BCUT2D eigenvalue weighted by atomic mass is 10.1. The van der Waals surface area contributed by atoms with Gasteiger partial charge in [0.15, 0.2) is 5.16 Å². The summed E-state index contributed by atoms with van der Waals surface area (Å²) in [7, 11) is 0. The highest BCUT2D eigenvalue weighted by Gasteiger charge is 2.37. The summed E-state index contributed by atoms with van der Waals surface area (Å²) in [6.07, 6.45) is 6.42. The average Bonchev–Trinajstić information content (AvgIpc) is 3.44. The number of aryl methyl sites for hydroxylation is 1. The first-order valence-corrected chi connectivity index (χ1v) is 11.3. The van der Waals surface area contributed by atoms with Crippen molar-refractivity contribution in [3.63, 3.8) is 0 Å². The van der Waals surface area contributed by atoms with Gasteiger partial charge in [-0.1, -0.05) is 24.8 Å². The highest BCUT2D eigenvalue weighted by molar-refractivity contribution is 7.98. The van der Waals surface area contributed by atoms with E-state index in [1.165, 1.54) is 11.8 Å². The second-order valence-corrected chi connectivity index (χ2v) is 8.18. The number of amides is 1. The maximum absolute atomic E-state index is 13.5. The molecule has 4 heterocycles. The molecule has 5 rings (SSSR count). The Morgan fingerprint density at radius 1 is 1.30 bits per heavy atom. The van der Waals surface area contributed by atoms with Crippen LogP contribution in [0.1, 0.15) is 36.0 Å². The van der Waals surface area contributed by atoms with Gasteiger partial charge in [-0.15, -0.1) is 10.2 Å². The first-order chi connectivity index (χ1) is 14.7. The van der Waals surface area contributed by atoms with Crippen molar-refractivity contribution in [3.8, 4) is 11.5 Å². The van der Waals surface area contributed by atoms with Gasteiger partial charge < -0.3 is 14.2 Å². The molecule has 8 nitrogen and oxygen atoms in total. The van der Waals surface area contributed by atoms with Crippen molar-refractivity contribution >= 4 is 29.2 Å². The van der Waals surface area contributed by atoms with Crippen LogP contribution in [-0.4, -0.2) is 51.5 Å². The Morgan fingerprint density at radius 2 is 2.20 bits per heavy atom. The fourth-order valence-electron chi connectivity index (χ4n) is 4.11. The number of hydrogen-bond acceptors (Lipinski definition) is 8. The maximum atomic E-state index is 13.5. The molecule has 0 N–H and O–H groups in total. The predicted molar refractivity (Wildman–Crippen MR) is 115 cm³/mol. The molecule has 1 saturated heterocycles. The molecule has 9 heteroatoms. The molecule has 154 valence electrons. The molecular formula is C21H22N6O2S. The quantitative estimate of drug-likeness (QED) is 0.467. The number of carbonyl (C=O) groups is 1. The van der Waals surface area contributed by atoms with Crippen LogP contribution >= 0.6 is 11.8 Å². The molecule has 1 fully saturated rings. The number of nitrogens with zero attached hydrogens (tertiary/aromatic N) is 6. The largest absolute Gasteiger partial charge is 0.421 e. The van der Waals surface area contributed by atoms with E-state index >= 15 is 0 Å². The second-order valence-electron chi connectivity index (χ2n) is 7.40. The van der Waals surface area contributed by atoms with Crippen LogP contribution in [0, 0.1) is 0 Å². The fraction of sp³-hybridized carbons (Fsp3) is 0.381. The first-order valence-electron chi connectivity index (χ1n) is 10.1. The van der Waals surface area contributed by atoms with Crippen LogP contribution in [-0.2, 0) is 6.42 Å². The SMILES string of the molecule is CCc1nnc(-c2cccc(N3CC4CCCN4c4nc(SC)ncc4C3=O)c2)o1. The Balaban J connectivity index is 1.56. The van der Waals surface area contributed by atoms with Gasteiger partial charge in [0, 0.05) is 43.0 Å². The van der Waals surface area contributed by atoms with Gasteiger partial charge in [0.1, 0.15) is 11.4 Å². The van der Waals surface area contributed by atoms with Crippen LogP contribution in [0.3, 0.4) is 0 Å². The van der Waals surface area contributed by atoms with Crippen molar-refractivity contribution < 1.29 is 9.21 Å². The topological polar surface area (TPSA) is 88.3 Å². The Morgan fingerprint density at radius 3 is 3.00 bits per heavy atom. The van der Waals surface area contributed by atoms with E-state index < -0.39 is 0 Å². The monoisotopic (exact) mass is 422 g/mol. The summed E-state index contributed by atoms with van der Waals surface area (Å²) in [5.74, 6) is 1.74. The van der Waals surface area contributed by atoms with Gasteiger partial charge in [-0.3, -0.25) is 4.79 Å². The molecule has 0 spiro atoms. The molecule has 0 aliphatic carbocycles. The van der Waals surface area contributed by atoms with Gasteiger partial charge in [0.25, 0.3) is 5.91 Å². The molecule has 1 aromatic carbocycles. The Labute approximate surface area is 178 Å². The molecule has 0 bridgehead atoms. The van der Waals surface area contributed by atoms with Crippen LogP contribution in [0.2, 0.25) is 0 Å². The number of benzene rings is 1. The molecule has 2 aliphatic heterocycles. The van der Waals surface area contributed by atoms with Gasteiger partial charge in [-0.25, -0.2) is 9.97 Å². The minimum absolute atomic E-state index is 0.0796. The van der Waals surface area contributed by atoms with Crippen molar-refractivity contribution in [2.75, 3.05) is 29.1 Å². The molecule has 0 saturated carbocycles. The Bertz CT molecular complexity index is 1100. The van der Waals surface area contributed by atoms with E-state index in [0.29, 0.717) is 35.5 Å². The van der Waals surface area contributed by atoms with Crippen molar-refractivity contribution in [2.24, 2.45) is 0 Å². The lowest BCUT2D eigenvalue weighted by molar-refractivity contribution is 0.0988. The van der Waals surface area contributed by atoms with E-state index in [9.17, 15) is 4.79 Å². The number of hydrogen-bond donors (Lipinski definition) is 0. The standard InChI is InChI=1S/C21H22N6O2S/c1-3-17-24-25-19(29-17)13-6-4-7-14(10-13)27-12-15-8-5-9-26(15)18-16(20(27)28)11-22-21(23-18)30-2/h4,6-7,10-11,15H,3,5,8-9,12H2,1-2H3. The zero-order valence-electron chi connectivity index (χ0n) is 16.9. The van der Waals surface area contributed by atoms with Gasteiger partial charge >= 0.3 is 0 Å². The molecule has 2 aromatic heterocycles. The third kappa shape index (κ3) is 3.23. The van der Waals surface area contributed by atoms with Gasteiger partial charge in [-0.2, -0.15) is 0 Å². The van der Waals surface area contributed by atoms with Crippen LogP contribution in [0.15, 0.2) is 40.0 Å². The summed E-state index contributed by atoms with van der Waals surface area (Å²) >= 11 is 1.49. The third-order valence-electron chi connectivity index (χ3n) is 5.62. The molecule has 1 unspecified atom stereocenters. The molecular weight excluding hydrogens is 400 g/mol. The van der Waals surface area contributed by atoms with Gasteiger partial charge in [0.2, 0.25) is 11.8 Å². The summed E-state index contributed by atoms with van der Waals surface area (Å²) in [4.78, 5) is 26.7. The second kappa shape index (κ2) is 7.71. The Kier molecular flexibility index (Phi) is 4.90. The molecule has 3 aromatic rings. The summed E-state index contributed by atoms with van der Waals surface area (Å²) in [5, 5.41) is 8.87. The van der Waals surface area contributed by atoms with Crippen molar-refractivity contribution in [2.45, 2.75) is 37.4 Å². The lowest BCUT2D eigenvalue weighted by Crippen LogP contribution is -2.39. The first kappa shape index (κ1) is 19.0. The summed E-state index contributed by atoms with van der Waals surface area (Å²) < 4.78 is 5.71. The van der Waals surface area contributed by atoms with Crippen LogP contribution < -0.4 is 9.80 Å². The van der Waals surface area contributed by atoms with E-state index in [1.807, 2.05) is 42.3 Å². The van der Waals surface area contributed by atoms with Gasteiger partial charge in [0.05, 0.1) is 0 Å². The predicted octanol–water partition coefficient (Wildman–Crippen LogP) is 3.44. The maximum Gasteiger partial charge on any atom is 0.263 e. The van der Waals surface area contributed by atoms with E-state index in [1.54, 1.807) is 6.20 Å². The number of thioether (sulfide) groups is 1. The zero-order valence-corrected chi connectivity index (χ0v) is 17.7. The Hall–Kier alpha value is -2.94. The highest BCUT2D eigenvalue weighted by Crippen LogP contribution is 2.35. The smallest absolute Gasteiger partial charge is 0.263 e. The zero-order chi connectivity index (χ0) is 20.7. The highest BCUT2D eigenvalue weighted by atomic mass is 32.2. The third-order valence-corrected chi connectivity index (χ3v) is 6.18. The number of fused-ring (bicyclic) bond motifs is 3. The molecule has 1 atom stereocenters. The molecule has 30 heavy (non-hydrogen) atoms. The fourth-order valence-corrected chi connectivity index (χ4v) is 4.45. The summed E-state index contributed by atoms with van der Waals surface area (Å²) in [6, 6.07) is 7.95. The van der Waals surface area contributed by atoms with Crippen LogP contribution in [0.25, 0.3) is 11.5 Å². The van der Waals surface area contributed by atoms with E-state index in [0.717, 1.165) is 36.5 Å². The number of carbonyl (C=O) groups excluding carboxylic acids is 1. The van der Waals surface area contributed by atoms with Crippen LogP contribution in [0.5, 0.6) is 0 Å². The van der Waals surface area contributed by atoms with Gasteiger partial charge in [-0.05, 0) is 37.3 Å². The number of rotatable bonds is 4. The lowest BCUT2D eigenvalue weighted by Gasteiger charge is -2.27. The van der Waals surface area contributed by atoms with E-state index in [2.05, 4.69) is 25.1 Å². The average molecular weight is 423 g/mol. The minimum atomic E-state index is -0.0796. The van der Waals surface area contributed by atoms with E-state index in [4.69, 9.17) is 4.42 Å².